The Morgan fingerprint density at radius 1 is 1.28 bits per heavy atom. The molecule has 1 aromatic heterocycles. The Morgan fingerprint density at radius 3 is 2.88 bits per heavy atom. The van der Waals surface area contributed by atoms with Crippen molar-refractivity contribution in [2.45, 2.75) is 55.5 Å². The lowest BCUT2D eigenvalue weighted by atomic mass is 9.94. The van der Waals surface area contributed by atoms with E-state index in [1.807, 2.05) is 0 Å². The van der Waals surface area contributed by atoms with Crippen molar-refractivity contribution in [3.05, 3.63) is 47.6 Å². The largest absolute Gasteiger partial charge is 0.384 e. The summed E-state index contributed by atoms with van der Waals surface area (Å²) < 4.78 is 11.1. The highest BCUT2D eigenvalue weighted by Gasteiger charge is 2.51. The summed E-state index contributed by atoms with van der Waals surface area (Å²) in [6.45, 7) is 1.86. The van der Waals surface area contributed by atoms with Crippen LogP contribution in [0.5, 0.6) is 0 Å². The smallest absolute Gasteiger partial charge is 0.235 e. The van der Waals surface area contributed by atoms with Crippen LogP contribution in [-0.2, 0) is 10.2 Å². The van der Waals surface area contributed by atoms with Gasteiger partial charge in [-0.25, -0.2) is 0 Å². The van der Waals surface area contributed by atoms with Gasteiger partial charge in [0.05, 0.1) is 12.0 Å². The minimum Gasteiger partial charge on any atom is -0.384 e. The Morgan fingerprint density at radius 2 is 2.12 bits per heavy atom. The van der Waals surface area contributed by atoms with E-state index in [1.165, 1.54) is 24.9 Å². The maximum Gasteiger partial charge on any atom is 0.235 e. The number of ether oxygens (including phenoxy) is 1. The number of aromatic nitrogens is 2. The predicted octanol–water partition coefficient (Wildman–Crippen LogP) is 3.44. The molecule has 0 unspecified atom stereocenters. The average molecular weight is 339 g/mol. The number of hydrogen-bond acceptors (Lipinski definition) is 5. The van der Waals surface area contributed by atoms with E-state index in [9.17, 15) is 0 Å². The molecule has 2 saturated heterocycles. The molecule has 3 fully saturated rings. The van der Waals surface area contributed by atoms with Gasteiger partial charge in [0, 0.05) is 25.1 Å². The third-order valence-electron chi connectivity index (χ3n) is 6.37. The summed E-state index contributed by atoms with van der Waals surface area (Å²) in [5, 5.41) is 4.41. The van der Waals surface area contributed by atoms with Crippen molar-refractivity contribution in [1.29, 1.82) is 0 Å². The molecule has 132 valence electrons. The van der Waals surface area contributed by atoms with E-state index in [-0.39, 0.29) is 5.41 Å². The Bertz CT molecular complexity index is 740. The number of nitrogens with zero attached hydrogens (tertiary/aromatic N) is 3. The van der Waals surface area contributed by atoms with Gasteiger partial charge >= 0.3 is 0 Å². The SMILES string of the molecule is COCC1(c2nc([C@H]3C[C@@H](c4ccccc4)N4CCC[C@H]34)no2)CC1. The van der Waals surface area contributed by atoms with Crippen molar-refractivity contribution in [3.63, 3.8) is 0 Å². The maximum atomic E-state index is 5.69. The third kappa shape index (κ3) is 2.52. The monoisotopic (exact) mass is 339 g/mol. The van der Waals surface area contributed by atoms with Gasteiger partial charge in [0.25, 0.3) is 0 Å². The zero-order valence-electron chi connectivity index (χ0n) is 14.7. The molecule has 0 N–H and O–H groups in total. The lowest BCUT2D eigenvalue weighted by molar-refractivity contribution is 0.155. The van der Waals surface area contributed by atoms with E-state index in [1.54, 1.807) is 7.11 Å². The fraction of sp³-hybridized carbons (Fsp3) is 0.600. The van der Waals surface area contributed by atoms with Crippen LogP contribution in [0.2, 0.25) is 0 Å². The lowest BCUT2D eigenvalue weighted by Gasteiger charge is -2.24. The Balaban J connectivity index is 1.42. The van der Waals surface area contributed by atoms with E-state index in [0.29, 0.717) is 24.6 Å². The van der Waals surface area contributed by atoms with Crippen LogP contribution in [0.1, 0.15) is 61.3 Å². The number of rotatable bonds is 5. The van der Waals surface area contributed by atoms with Crippen molar-refractivity contribution < 1.29 is 9.26 Å². The summed E-state index contributed by atoms with van der Waals surface area (Å²) in [6, 6.07) is 11.9. The Hall–Kier alpha value is -1.72. The molecule has 2 aromatic rings. The van der Waals surface area contributed by atoms with Crippen molar-refractivity contribution in [2.75, 3.05) is 20.3 Å². The molecule has 3 aliphatic rings. The zero-order chi connectivity index (χ0) is 16.9. The van der Waals surface area contributed by atoms with Crippen molar-refractivity contribution >= 4 is 0 Å². The molecule has 3 heterocycles. The second-order valence-electron chi connectivity index (χ2n) is 7.89. The van der Waals surface area contributed by atoms with Crippen LogP contribution in [-0.4, -0.2) is 41.3 Å². The minimum absolute atomic E-state index is 0.00714. The first kappa shape index (κ1) is 15.5. The molecule has 1 saturated carbocycles. The van der Waals surface area contributed by atoms with Gasteiger partial charge in [-0.1, -0.05) is 35.5 Å². The van der Waals surface area contributed by atoms with E-state index < -0.39 is 0 Å². The Kier molecular flexibility index (Phi) is 3.68. The van der Waals surface area contributed by atoms with Crippen LogP contribution in [0.15, 0.2) is 34.9 Å². The molecular weight excluding hydrogens is 314 g/mol. The molecule has 2 aliphatic heterocycles. The topological polar surface area (TPSA) is 51.4 Å². The quantitative estimate of drug-likeness (QED) is 0.835. The average Bonchev–Trinajstić information content (AvgIpc) is 3.03. The highest BCUT2D eigenvalue weighted by atomic mass is 16.5. The van der Waals surface area contributed by atoms with Crippen LogP contribution in [0.3, 0.4) is 0 Å². The molecule has 0 radical (unpaired) electrons. The fourth-order valence-electron chi connectivity index (χ4n) is 4.90. The van der Waals surface area contributed by atoms with Gasteiger partial charge in [-0.3, -0.25) is 4.90 Å². The molecule has 1 aliphatic carbocycles. The molecule has 5 nitrogen and oxygen atoms in total. The van der Waals surface area contributed by atoms with Gasteiger partial charge in [-0.05, 0) is 44.2 Å². The molecule has 0 spiro atoms. The first-order valence-corrected chi connectivity index (χ1v) is 9.44. The summed E-state index contributed by atoms with van der Waals surface area (Å²) in [6.07, 6.45) is 5.78. The van der Waals surface area contributed by atoms with E-state index in [0.717, 1.165) is 31.0 Å². The molecule has 3 atom stereocenters. The van der Waals surface area contributed by atoms with Crippen molar-refractivity contribution in [3.8, 4) is 0 Å². The predicted molar refractivity (Wildman–Crippen MR) is 93.4 cm³/mol. The lowest BCUT2D eigenvalue weighted by Crippen LogP contribution is -2.27. The summed E-state index contributed by atoms with van der Waals surface area (Å²) in [5.41, 5.74) is 1.41. The number of benzene rings is 1. The normalized spacial score (nSPS) is 30.5. The highest BCUT2D eigenvalue weighted by molar-refractivity contribution is 5.25. The number of fused-ring (bicyclic) bond motifs is 1. The summed E-state index contributed by atoms with van der Waals surface area (Å²) >= 11 is 0. The second kappa shape index (κ2) is 5.92. The van der Waals surface area contributed by atoms with E-state index >= 15 is 0 Å². The minimum atomic E-state index is -0.00714. The van der Waals surface area contributed by atoms with Crippen LogP contribution < -0.4 is 0 Å². The van der Waals surface area contributed by atoms with Crippen molar-refractivity contribution in [1.82, 2.24) is 15.0 Å². The van der Waals surface area contributed by atoms with Crippen LogP contribution in [0.25, 0.3) is 0 Å². The first-order valence-electron chi connectivity index (χ1n) is 9.44. The summed E-state index contributed by atoms with van der Waals surface area (Å²) in [7, 11) is 1.75. The van der Waals surface area contributed by atoms with Gasteiger partial charge in [0.1, 0.15) is 0 Å². The number of methoxy groups -OCH3 is 1. The van der Waals surface area contributed by atoms with Crippen molar-refractivity contribution in [2.24, 2.45) is 0 Å². The summed E-state index contributed by atoms with van der Waals surface area (Å²) in [5.74, 6) is 2.08. The Labute approximate surface area is 148 Å². The fourth-order valence-corrected chi connectivity index (χ4v) is 4.90. The highest BCUT2D eigenvalue weighted by Crippen LogP contribution is 2.51. The van der Waals surface area contributed by atoms with Gasteiger partial charge in [-0.15, -0.1) is 0 Å². The maximum absolute atomic E-state index is 5.69. The van der Waals surface area contributed by atoms with Crippen LogP contribution in [0, 0.1) is 0 Å². The van der Waals surface area contributed by atoms with E-state index in [4.69, 9.17) is 14.2 Å². The molecule has 5 rings (SSSR count). The standard InChI is InChI=1S/C20H25N3O2/c1-24-13-20(9-10-20)19-21-18(22-25-19)15-12-17(14-6-3-2-4-7-14)23-11-5-8-16(15)23/h2-4,6-7,15-17H,5,8-13H2,1H3/t15-,16+,17-/m0/s1. The molecule has 5 heteroatoms. The van der Waals surface area contributed by atoms with Gasteiger partial charge in [0.15, 0.2) is 5.82 Å². The molecule has 25 heavy (non-hydrogen) atoms. The number of hydrogen-bond donors (Lipinski definition) is 0. The summed E-state index contributed by atoms with van der Waals surface area (Å²) in [4.78, 5) is 7.51. The van der Waals surface area contributed by atoms with Gasteiger partial charge in [0.2, 0.25) is 5.89 Å². The molecule has 0 bridgehead atoms. The molecular formula is C20H25N3O2. The first-order chi connectivity index (χ1) is 12.3. The van der Waals surface area contributed by atoms with E-state index in [2.05, 4.69) is 40.4 Å². The third-order valence-corrected chi connectivity index (χ3v) is 6.37. The van der Waals surface area contributed by atoms with Crippen LogP contribution in [0.4, 0.5) is 0 Å². The molecule has 1 aromatic carbocycles. The second-order valence-corrected chi connectivity index (χ2v) is 7.89. The zero-order valence-corrected chi connectivity index (χ0v) is 14.7. The van der Waals surface area contributed by atoms with Gasteiger partial charge in [-0.2, -0.15) is 4.98 Å². The molecule has 0 amide bonds. The van der Waals surface area contributed by atoms with Gasteiger partial charge < -0.3 is 9.26 Å². The van der Waals surface area contributed by atoms with Crippen LogP contribution >= 0.6 is 0 Å².